The Labute approximate surface area is 123 Å². The summed E-state index contributed by atoms with van der Waals surface area (Å²) >= 11 is 0. The van der Waals surface area contributed by atoms with Gasteiger partial charge in [-0.2, -0.15) is 0 Å². The number of ether oxygens (including phenoxy) is 1. The van der Waals surface area contributed by atoms with Crippen LogP contribution < -0.4 is 5.32 Å². The van der Waals surface area contributed by atoms with Gasteiger partial charge in [0.15, 0.2) is 0 Å². The van der Waals surface area contributed by atoms with Crippen molar-refractivity contribution in [2.45, 2.75) is 6.61 Å². The zero-order valence-electron chi connectivity index (χ0n) is 11.4. The number of esters is 1. The maximum atomic E-state index is 11.9. The summed E-state index contributed by atoms with van der Waals surface area (Å²) in [5.41, 5.74) is 1.24. The predicted octanol–water partition coefficient (Wildman–Crippen LogP) is 2.67. The fourth-order valence-corrected chi connectivity index (χ4v) is 1.66. The molecule has 0 atom stereocenters. The van der Waals surface area contributed by atoms with Crippen molar-refractivity contribution in [3.05, 3.63) is 84.1 Å². The van der Waals surface area contributed by atoms with E-state index in [0.29, 0.717) is 5.56 Å². The second-order valence-electron chi connectivity index (χ2n) is 4.36. The van der Waals surface area contributed by atoms with Gasteiger partial charge in [0.25, 0.3) is 5.91 Å². The Morgan fingerprint density at radius 1 is 0.952 bits per heavy atom. The van der Waals surface area contributed by atoms with Crippen LogP contribution in [0.15, 0.2) is 72.9 Å². The van der Waals surface area contributed by atoms with Crippen molar-refractivity contribution >= 4 is 11.9 Å². The SMILES string of the molecule is C=C(NC(=O)c1ccccc1)C(=O)OCc1ccccc1. The van der Waals surface area contributed by atoms with E-state index in [0.717, 1.165) is 5.56 Å². The van der Waals surface area contributed by atoms with Crippen LogP contribution >= 0.6 is 0 Å². The fourth-order valence-electron chi connectivity index (χ4n) is 1.66. The van der Waals surface area contributed by atoms with Gasteiger partial charge < -0.3 is 10.1 Å². The lowest BCUT2D eigenvalue weighted by Crippen LogP contribution is -2.27. The molecule has 106 valence electrons. The molecule has 0 saturated heterocycles. The molecule has 4 heteroatoms. The molecule has 0 unspecified atom stereocenters. The number of hydrogen-bond donors (Lipinski definition) is 1. The molecular formula is C17H15NO3. The Balaban J connectivity index is 1.86. The highest BCUT2D eigenvalue weighted by Crippen LogP contribution is 2.04. The van der Waals surface area contributed by atoms with E-state index in [1.54, 1.807) is 30.3 Å². The summed E-state index contributed by atoms with van der Waals surface area (Å²) in [6.07, 6.45) is 0. The van der Waals surface area contributed by atoms with E-state index in [1.165, 1.54) is 0 Å². The van der Waals surface area contributed by atoms with E-state index in [1.807, 2.05) is 30.3 Å². The smallest absolute Gasteiger partial charge is 0.354 e. The van der Waals surface area contributed by atoms with E-state index >= 15 is 0 Å². The van der Waals surface area contributed by atoms with Crippen molar-refractivity contribution in [3.8, 4) is 0 Å². The number of hydrogen-bond acceptors (Lipinski definition) is 3. The molecule has 1 N–H and O–H groups in total. The molecule has 1 amide bonds. The topological polar surface area (TPSA) is 55.4 Å². The van der Waals surface area contributed by atoms with Crippen molar-refractivity contribution in [2.24, 2.45) is 0 Å². The molecule has 0 aliphatic carbocycles. The summed E-state index contributed by atoms with van der Waals surface area (Å²) in [5, 5.41) is 2.42. The lowest BCUT2D eigenvalue weighted by Gasteiger charge is -2.08. The number of benzene rings is 2. The van der Waals surface area contributed by atoms with Gasteiger partial charge in [0, 0.05) is 5.56 Å². The second kappa shape index (κ2) is 7.05. The van der Waals surface area contributed by atoms with Crippen LogP contribution in [0.3, 0.4) is 0 Å². The first-order valence-electron chi connectivity index (χ1n) is 6.43. The van der Waals surface area contributed by atoms with Gasteiger partial charge in [-0.1, -0.05) is 55.1 Å². The van der Waals surface area contributed by atoms with Gasteiger partial charge in [-0.15, -0.1) is 0 Å². The van der Waals surface area contributed by atoms with Crippen LogP contribution in [-0.2, 0) is 16.1 Å². The van der Waals surface area contributed by atoms with Gasteiger partial charge in [0.05, 0.1) is 0 Å². The summed E-state index contributed by atoms with van der Waals surface area (Å²) in [5.74, 6) is -1.04. The largest absolute Gasteiger partial charge is 0.456 e. The average Bonchev–Trinajstić information content (AvgIpc) is 2.54. The van der Waals surface area contributed by atoms with E-state index in [4.69, 9.17) is 4.74 Å². The minimum absolute atomic E-state index is 0.0835. The van der Waals surface area contributed by atoms with Crippen LogP contribution in [0.2, 0.25) is 0 Å². The lowest BCUT2D eigenvalue weighted by atomic mass is 10.2. The zero-order valence-corrected chi connectivity index (χ0v) is 11.4. The van der Waals surface area contributed by atoms with Crippen LogP contribution in [0, 0.1) is 0 Å². The molecule has 0 aliphatic rings. The first kappa shape index (κ1) is 14.5. The third-order valence-electron chi connectivity index (χ3n) is 2.76. The first-order chi connectivity index (χ1) is 10.2. The zero-order chi connectivity index (χ0) is 15.1. The molecule has 0 radical (unpaired) electrons. The summed E-state index contributed by atoms with van der Waals surface area (Å²) in [6.45, 7) is 3.66. The van der Waals surface area contributed by atoms with Crippen molar-refractivity contribution in [1.82, 2.24) is 5.32 Å². The van der Waals surface area contributed by atoms with Gasteiger partial charge in [-0.3, -0.25) is 4.79 Å². The maximum Gasteiger partial charge on any atom is 0.354 e. The normalized spacial score (nSPS) is 9.71. The molecule has 0 bridgehead atoms. The van der Waals surface area contributed by atoms with Crippen LogP contribution in [0.5, 0.6) is 0 Å². The molecule has 0 heterocycles. The Morgan fingerprint density at radius 3 is 2.14 bits per heavy atom. The van der Waals surface area contributed by atoms with E-state index in [9.17, 15) is 9.59 Å². The predicted molar refractivity (Wildman–Crippen MR) is 79.3 cm³/mol. The van der Waals surface area contributed by atoms with Crippen LogP contribution in [-0.4, -0.2) is 11.9 Å². The highest BCUT2D eigenvalue weighted by molar-refractivity contribution is 6.00. The minimum Gasteiger partial charge on any atom is -0.456 e. The summed E-state index contributed by atoms with van der Waals surface area (Å²) < 4.78 is 5.07. The van der Waals surface area contributed by atoms with Crippen LogP contribution in [0.25, 0.3) is 0 Å². The van der Waals surface area contributed by atoms with E-state index in [-0.39, 0.29) is 12.3 Å². The third-order valence-corrected chi connectivity index (χ3v) is 2.76. The highest BCUT2D eigenvalue weighted by atomic mass is 16.5. The Hall–Kier alpha value is -2.88. The van der Waals surface area contributed by atoms with Gasteiger partial charge >= 0.3 is 5.97 Å². The molecule has 2 rings (SSSR count). The molecule has 0 saturated carbocycles. The van der Waals surface area contributed by atoms with Gasteiger partial charge in [-0.05, 0) is 17.7 Å². The minimum atomic E-state index is -0.650. The van der Waals surface area contributed by atoms with Crippen LogP contribution in [0.4, 0.5) is 0 Å². The molecule has 4 nitrogen and oxygen atoms in total. The first-order valence-corrected chi connectivity index (χ1v) is 6.43. The second-order valence-corrected chi connectivity index (χ2v) is 4.36. The standard InChI is InChI=1S/C17H15NO3/c1-13(18-16(19)15-10-6-3-7-11-15)17(20)21-12-14-8-4-2-5-9-14/h2-11H,1,12H2,(H,18,19). The molecule has 2 aromatic rings. The van der Waals surface area contributed by atoms with Gasteiger partial charge in [-0.25, -0.2) is 4.79 Å². The number of rotatable bonds is 5. The molecule has 2 aromatic carbocycles. The fraction of sp³-hybridized carbons (Fsp3) is 0.0588. The number of carbonyl (C=O) groups is 2. The Kier molecular flexibility index (Phi) is 4.88. The molecule has 0 fully saturated rings. The van der Waals surface area contributed by atoms with E-state index in [2.05, 4.69) is 11.9 Å². The number of amides is 1. The van der Waals surface area contributed by atoms with Gasteiger partial charge in [0.2, 0.25) is 0 Å². The highest BCUT2D eigenvalue weighted by Gasteiger charge is 2.13. The Morgan fingerprint density at radius 2 is 1.52 bits per heavy atom. The number of carbonyl (C=O) groups excluding carboxylic acids is 2. The molecular weight excluding hydrogens is 266 g/mol. The van der Waals surface area contributed by atoms with Crippen molar-refractivity contribution in [2.75, 3.05) is 0 Å². The quantitative estimate of drug-likeness (QED) is 0.677. The van der Waals surface area contributed by atoms with E-state index < -0.39 is 11.9 Å². The number of nitrogens with one attached hydrogen (secondary N) is 1. The Bertz CT molecular complexity index is 636. The molecule has 0 aliphatic heterocycles. The summed E-state index contributed by atoms with van der Waals surface area (Å²) in [6, 6.07) is 17.9. The van der Waals surface area contributed by atoms with Gasteiger partial charge in [0.1, 0.15) is 12.3 Å². The van der Waals surface area contributed by atoms with Crippen molar-refractivity contribution in [1.29, 1.82) is 0 Å². The maximum absolute atomic E-state index is 11.9. The molecule has 21 heavy (non-hydrogen) atoms. The summed E-state index contributed by atoms with van der Waals surface area (Å²) in [4.78, 5) is 23.6. The lowest BCUT2D eigenvalue weighted by molar-refractivity contribution is -0.140. The van der Waals surface area contributed by atoms with Crippen LogP contribution in [0.1, 0.15) is 15.9 Å². The average molecular weight is 281 g/mol. The molecule has 0 spiro atoms. The molecule has 0 aromatic heterocycles. The third kappa shape index (κ3) is 4.31. The van der Waals surface area contributed by atoms with Crippen molar-refractivity contribution in [3.63, 3.8) is 0 Å². The summed E-state index contributed by atoms with van der Waals surface area (Å²) in [7, 11) is 0. The monoisotopic (exact) mass is 281 g/mol. The van der Waals surface area contributed by atoms with Crippen molar-refractivity contribution < 1.29 is 14.3 Å².